The van der Waals surface area contributed by atoms with Crippen molar-refractivity contribution in [3.05, 3.63) is 48.5 Å². The predicted octanol–water partition coefficient (Wildman–Crippen LogP) is 4.15. The van der Waals surface area contributed by atoms with Gasteiger partial charge in [-0.1, -0.05) is 6.07 Å². The lowest BCUT2D eigenvalue weighted by molar-refractivity contribution is -0.113. The monoisotopic (exact) mass is 319 g/mol. The minimum atomic E-state index is -0.00549. The number of amides is 1. The smallest absolute Gasteiger partial charge is 0.234 e. The standard InChI is InChI=1S/C16H17NO2S2/c1-19-13-6-8-14(9-7-13)21-11-16(18)17-12-4-3-5-15(10-12)20-2/h3-10H,11H2,1-2H3,(H,17,18). The van der Waals surface area contributed by atoms with Crippen molar-refractivity contribution < 1.29 is 9.53 Å². The predicted molar refractivity (Wildman–Crippen MR) is 90.6 cm³/mol. The Morgan fingerprint density at radius 2 is 1.90 bits per heavy atom. The molecule has 1 amide bonds. The van der Waals surface area contributed by atoms with Crippen molar-refractivity contribution in [2.75, 3.05) is 24.4 Å². The zero-order valence-electron chi connectivity index (χ0n) is 12.0. The zero-order chi connectivity index (χ0) is 15.1. The largest absolute Gasteiger partial charge is 0.497 e. The van der Waals surface area contributed by atoms with Crippen LogP contribution in [0, 0.1) is 0 Å². The fraction of sp³-hybridized carbons (Fsp3) is 0.188. The average Bonchev–Trinajstić information content (AvgIpc) is 2.53. The van der Waals surface area contributed by atoms with Crippen LogP contribution in [0.5, 0.6) is 5.75 Å². The lowest BCUT2D eigenvalue weighted by atomic mass is 10.3. The molecule has 0 saturated carbocycles. The van der Waals surface area contributed by atoms with Crippen LogP contribution in [-0.2, 0) is 4.79 Å². The third kappa shape index (κ3) is 5.02. The normalized spacial score (nSPS) is 10.2. The van der Waals surface area contributed by atoms with E-state index in [2.05, 4.69) is 5.32 Å². The Hall–Kier alpha value is -1.59. The molecule has 2 rings (SSSR count). The number of hydrogen-bond donors (Lipinski definition) is 1. The van der Waals surface area contributed by atoms with Crippen LogP contribution in [0.15, 0.2) is 58.3 Å². The van der Waals surface area contributed by atoms with Crippen molar-refractivity contribution in [3.8, 4) is 5.75 Å². The molecule has 21 heavy (non-hydrogen) atoms. The van der Waals surface area contributed by atoms with Gasteiger partial charge in [0, 0.05) is 15.5 Å². The number of hydrogen-bond acceptors (Lipinski definition) is 4. The first-order valence-corrected chi connectivity index (χ1v) is 8.63. The van der Waals surface area contributed by atoms with Crippen LogP contribution in [0.2, 0.25) is 0 Å². The van der Waals surface area contributed by atoms with Crippen molar-refractivity contribution in [3.63, 3.8) is 0 Å². The lowest BCUT2D eigenvalue weighted by Gasteiger charge is -2.07. The van der Waals surface area contributed by atoms with Crippen molar-refractivity contribution in [1.29, 1.82) is 0 Å². The van der Waals surface area contributed by atoms with Crippen molar-refractivity contribution >= 4 is 35.1 Å². The van der Waals surface area contributed by atoms with Gasteiger partial charge in [-0.2, -0.15) is 0 Å². The highest BCUT2D eigenvalue weighted by molar-refractivity contribution is 8.00. The summed E-state index contributed by atoms with van der Waals surface area (Å²) in [7, 11) is 1.64. The molecule has 5 heteroatoms. The van der Waals surface area contributed by atoms with E-state index in [0.717, 1.165) is 21.2 Å². The molecule has 0 spiro atoms. The van der Waals surface area contributed by atoms with Gasteiger partial charge in [-0.15, -0.1) is 23.5 Å². The Morgan fingerprint density at radius 1 is 1.14 bits per heavy atom. The third-order valence-corrected chi connectivity index (χ3v) is 4.52. The van der Waals surface area contributed by atoms with E-state index in [1.165, 1.54) is 11.8 Å². The van der Waals surface area contributed by atoms with Gasteiger partial charge in [-0.3, -0.25) is 4.79 Å². The van der Waals surface area contributed by atoms with E-state index >= 15 is 0 Å². The van der Waals surface area contributed by atoms with E-state index < -0.39 is 0 Å². The van der Waals surface area contributed by atoms with Gasteiger partial charge in [0.15, 0.2) is 0 Å². The molecule has 2 aromatic rings. The van der Waals surface area contributed by atoms with Crippen molar-refractivity contribution in [2.24, 2.45) is 0 Å². The van der Waals surface area contributed by atoms with Crippen molar-refractivity contribution in [1.82, 2.24) is 0 Å². The SMILES string of the molecule is COc1ccc(SCC(=O)Nc2cccc(SC)c2)cc1. The topological polar surface area (TPSA) is 38.3 Å². The number of carbonyl (C=O) groups is 1. The molecule has 0 aliphatic rings. The number of carbonyl (C=O) groups excluding carboxylic acids is 1. The zero-order valence-corrected chi connectivity index (χ0v) is 13.6. The molecule has 0 aliphatic heterocycles. The summed E-state index contributed by atoms with van der Waals surface area (Å²) in [5.74, 6) is 1.20. The van der Waals surface area contributed by atoms with E-state index in [1.807, 2.05) is 54.8 Å². The molecule has 2 aromatic carbocycles. The number of rotatable bonds is 6. The maximum Gasteiger partial charge on any atom is 0.234 e. The van der Waals surface area contributed by atoms with Crippen LogP contribution in [0.1, 0.15) is 0 Å². The molecule has 0 saturated heterocycles. The first-order valence-electron chi connectivity index (χ1n) is 6.42. The number of thioether (sulfide) groups is 2. The van der Waals surface area contributed by atoms with E-state index in [9.17, 15) is 4.79 Å². The van der Waals surface area contributed by atoms with E-state index in [1.54, 1.807) is 18.9 Å². The average molecular weight is 319 g/mol. The molecule has 0 aliphatic carbocycles. The number of anilines is 1. The molecule has 0 fully saturated rings. The Morgan fingerprint density at radius 3 is 2.57 bits per heavy atom. The number of ether oxygens (including phenoxy) is 1. The van der Waals surface area contributed by atoms with Gasteiger partial charge in [-0.25, -0.2) is 0 Å². The fourth-order valence-corrected chi connectivity index (χ4v) is 2.88. The summed E-state index contributed by atoms with van der Waals surface area (Å²) in [5.41, 5.74) is 0.835. The van der Waals surface area contributed by atoms with E-state index in [-0.39, 0.29) is 5.91 Å². The lowest BCUT2D eigenvalue weighted by Crippen LogP contribution is -2.13. The summed E-state index contributed by atoms with van der Waals surface area (Å²) in [6, 6.07) is 15.5. The Balaban J connectivity index is 1.86. The summed E-state index contributed by atoms with van der Waals surface area (Å²) in [6.45, 7) is 0. The number of benzene rings is 2. The molecule has 0 heterocycles. The van der Waals surface area contributed by atoms with Gasteiger partial charge in [0.05, 0.1) is 12.9 Å². The second kappa shape index (κ2) is 8.00. The Kier molecular flexibility index (Phi) is 6.02. The van der Waals surface area contributed by atoms with Gasteiger partial charge in [0.1, 0.15) is 5.75 Å². The van der Waals surface area contributed by atoms with Crippen LogP contribution in [0.25, 0.3) is 0 Å². The summed E-state index contributed by atoms with van der Waals surface area (Å²) in [4.78, 5) is 14.1. The number of nitrogens with one attached hydrogen (secondary N) is 1. The molecule has 0 atom stereocenters. The first-order chi connectivity index (χ1) is 10.2. The molecule has 0 aromatic heterocycles. The molecular formula is C16H17NO2S2. The van der Waals surface area contributed by atoms with Crippen LogP contribution in [0.4, 0.5) is 5.69 Å². The second-order valence-corrected chi connectivity index (χ2v) is 6.17. The van der Waals surface area contributed by atoms with Crippen LogP contribution < -0.4 is 10.1 Å². The molecule has 0 unspecified atom stereocenters. The maximum absolute atomic E-state index is 11.9. The van der Waals surface area contributed by atoms with Crippen LogP contribution >= 0.6 is 23.5 Å². The summed E-state index contributed by atoms with van der Waals surface area (Å²) < 4.78 is 5.11. The molecule has 110 valence electrons. The minimum absolute atomic E-state index is 0.00549. The van der Waals surface area contributed by atoms with Gasteiger partial charge in [0.25, 0.3) is 0 Å². The summed E-state index contributed by atoms with van der Waals surface area (Å²) in [6.07, 6.45) is 2.01. The van der Waals surface area contributed by atoms with Crippen molar-refractivity contribution in [2.45, 2.75) is 9.79 Å². The van der Waals surface area contributed by atoms with Crippen LogP contribution in [-0.4, -0.2) is 25.0 Å². The van der Waals surface area contributed by atoms with Gasteiger partial charge < -0.3 is 10.1 Å². The maximum atomic E-state index is 11.9. The third-order valence-electron chi connectivity index (χ3n) is 2.78. The molecular weight excluding hydrogens is 302 g/mol. The van der Waals surface area contributed by atoms with E-state index in [4.69, 9.17) is 4.74 Å². The Bertz CT molecular complexity index is 599. The highest BCUT2D eigenvalue weighted by Crippen LogP contribution is 2.22. The van der Waals surface area contributed by atoms with Gasteiger partial charge in [-0.05, 0) is 48.7 Å². The highest BCUT2D eigenvalue weighted by atomic mass is 32.2. The van der Waals surface area contributed by atoms with E-state index in [0.29, 0.717) is 5.75 Å². The molecule has 0 radical (unpaired) electrons. The molecule has 0 bridgehead atoms. The van der Waals surface area contributed by atoms with Crippen LogP contribution in [0.3, 0.4) is 0 Å². The first kappa shape index (κ1) is 15.8. The van der Waals surface area contributed by atoms with Gasteiger partial charge >= 0.3 is 0 Å². The Labute approximate surface area is 133 Å². The molecule has 1 N–H and O–H groups in total. The fourth-order valence-electron chi connectivity index (χ4n) is 1.72. The number of methoxy groups -OCH3 is 1. The summed E-state index contributed by atoms with van der Waals surface area (Å²) in [5, 5.41) is 2.91. The molecule has 3 nitrogen and oxygen atoms in total. The second-order valence-electron chi connectivity index (χ2n) is 4.24. The minimum Gasteiger partial charge on any atom is -0.497 e. The highest BCUT2D eigenvalue weighted by Gasteiger charge is 2.04. The van der Waals surface area contributed by atoms with Gasteiger partial charge in [0.2, 0.25) is 5.91 Å². The summed E-state index contributed by atoms with van der Waals surface area (Å²) >= 11 is 3.16. The quantitative estimate of drug-likeness (QED) is 0.812.